The van der Waals surface area contributed by atoms with E-state index in [4.69, 9.17) is 28.4 Å². The highest BCUT2D eigenvalue weighted by molar-refractivity contribution is 5.91. The Morgan fingerprint density at radius 1 is 1.07 bits per heavy atom. The first-order valence-corrected chi connectivity index (χ1v) is 10.4. The highest BCUT2D eigenvalue weighted by Crippen LogP contribution is 2.38. The van der Waals surface area contributed by atoms with Crippen molar-refractivity contribution in [3.8, 4) is 17.2 Å². The van der Waals surface area contributed by atoms with Crippen LogP contribution in [-0.2, 0) is 14.2 Å². The Hall–Kier alpha value is -2.03. The van der Waals surface area contributed by atoms with Crippen molar-refractivity contribution >= 4 is 5.97 Å². The zero-order valence-corrected chi connectivity index (χ0v) is 18.8. The average molecular weight is 426 g/mol. The van der Waals surface area contributed by atoms with Crippen molar-refractivity contribution in [2.75, 3.05) is 67.4 Å². The second kappa shape index (κ2) is 12.6. The molecule has 1 aromatic carbocycles. The molecule has 0 saturated carbocycles. The normalized spacial score (nSPS) is 15.7. The van der Waals surface area contributed by atoms with Gasteiger partial charge in [0.05, 0.1) is 46.7 Å². The number of nitrogens with zero attached hydrogens (tertiary/aromatic N) is 1. The topological polar surface area (TPSA) is 75.7 Å². The SMILES string of the molecule is COc1cc(C(=O)O[C@H](COCCC(C)C)CN2CCOCC2)cc(OC)c1OC. The van der Waals surface area contributed by atoms with Gasteiger partial charge >= 0.3 is 5.97 Å². The molecule has 8 nitrogen and oxygen atoms in total. The molecule has 1 aliphatic rings. The molecule has 1 heterocycles. The molecule has 1 fully saturated rings. The lowest BCUT2D eigenvalue weighted by Gasteiger charge is -2.30. The Morgan fingerprint density at radius 3 is 2.23 bits per heavy atom. The maximum atomic E-state index is 12.9. The van der Waals surface area contributed by atoms with Gasteiger partial charge in [-0.3, -0.25) is 4.90 Å². The maximum absolute atomic E-state index is 12.9. The molecule has 8 heteroatoms. The van der Waals surface area contributed by atoms with Gasteiger partial charge in [0.1, 0.15) is 6.10 Å². The summed E-state index contributed by atoms with van der Waals surface area (Å²) in [6.07, 6.45) is 0.576. The van der Waals surface area contributed by atoms with Crippen molar-refractivity contribution in [1.82, 2.24) is 4.90 Å². The third-order valence-electron chi connectivity index (χ3n) is 4.88. The van der Waals surface area contributed by atoms with Crippen LogP contribution >= 0.6 is 0 Å². The molecule has 1 atom stereocenters. The second-order valence-corrected chi connectivity index (χ2v) is 7.61. The number of ether oxygens (including phenoxy) is 6. The number of hydrogen-bond acceptors (Lipinski definition) is 8. The predicted octanol–water partition coefficient (Wildman–Crippen LogP) is 2.63. The first-order chi connectivity index (χ1) is 14.5. The fraction of sp³-hybridized carbons (Fsp3) is 0.682. The van der Waals surface area contributed by atoms with Gasteiger partial charge in [-0.15, -0.1) is 0 Å². The van der Waals surface area contributed by atoms with Gasteiger partial charge in [-0.2, -0.15) is 0 Å². The highest BCUT2D eigenvalue weighted by atomic mass is 16.6. The fourth-order valence-corrected chi connectivity index (χ4v) is 3.15. The number of benzene rings is 1. The van der Waals surface area contributed by atoms with Gasteiger partial charge in [0.2, 0.25) is 5.75 Å². The summed E-state index contributed by atoms with van der Waals surface area (Å²) in [6.45, 7) is 8.87. The minimum atomic E-state index is -0.458. The van der Waals surface area contributed by atoms with Crippen LogP contribution in [0.1, 0.15) is 30.6 Å². The molecule has 0 aromatic heterocycles. The first-order valence-electron chi connectivity index (χ1n) is 10.4. The number of morpholine rings is 1. The van der Waals surface area contributed by atoms with Gasteiger partial charge in [0.25, 0.3) is 0 Å². The lowest BCUT2D eigenvalue weighted by Crippen LogP contribution is -2.43. The number of esters is 1. The summed E-state index contributed by atoms with van der Waals surface area (Å²) in [5.41, 5.74) is 0.332. The number of methoxy groups -OCH3 is 3. The van der Waals surface area contributed by atoms with Crippen LogP contribution in [0.15, 0.2) is 12.1 Å². The molecular formula is C22H35NO7. The molecule has 0 N–H and O–H groups in total. The van der Waals surface area contributed by atoms with Crippen LogP contribution in [0.5, 0.6) is 17.2 Å². The summed E-state index contributed by atoms with van der Waals surface area (Å²) in [5.74, 6) is 1.34. The molecule has 2 rings (SSSR count). The van der Waals surface area contributed by atoms with Crippen molar-refractivity contribution < 1.29 is 33.2 Å². The maximum Gasteiger partial charge on any atom is 0.338 e. The summed E-state index contributed by atoms with van der Waals surface area (Å²) >= 11 is 0. The summed E-state index contributed by atoms with van der Waals surface area (Å²) < 4.78 is 33.0. The van der Waals surface area contributed by atoms with Crippen LogP contribution in [0.3, 0.4) is 0 Å². The number of carbonyl (C=O) groups is 1. The Bertz CT molecular complexity index is 634. The zero-order chi connectivity index (χ0) is 21.9. The van der Waals surface area contributed by atoms with Crippen molar-refractivity contribution in [2.24, 2.45) is 5.92 Å². The Balaban J connectivity index is 2.09. The summed E-state index contributed by atoms with van der Waals surface area (Å²) in [4.78, 5) is 15.1. The predicted molar refractivity (Wildman–Crippen MR) is 113 cm³/mol. The molecule has 0 radical (unpaired) electrons. The van der Waals surface area contributed by atoms with Gasteiger partial charge in [-0.05, 0) is 24.5 Å². The molecule has 1 saturated heterocycles. The Kier molecular flexibility index (Phi) is 10.2. The van der Waals surface area contributed by atoms with Crippen LogP contribution in [0.25, 0.3) is 0 Å². The molecule has 0 spiro atoms. The van der Waals surface area contributed by atoms with E-state index in [0.717, 1.165) is 19.5 Å². The largest absolute Gasteiger partial charge is 0.493 e. The van der Waals surface area contributed by atoms with Crippen LogP contribution in [0.2, 0.25) is 0 Å². The monoisotopic (exact) mass is 425 g/mol. The summed E-state index contributed by atoms with van der Waals surface area (Å²) in [5, 5.41) is 0. The number of carbonyl (C=O) groups excluding carboxylic acids is 1. The first kappa shape index (κ1) is 24.2. The zero-order valence-electron chi connectivity index (χ0n) is 18.8. The summed E-state index contributed by atoms with van der Waals surface area (Å²) in [6, 6.07) is 3.18. The molecule has 30 heavy (non-hydrogen) atoms. The van der Waals surface area contributed by atoms with E-state index < -0.39 is 5.97 Å². The van der Waals surface area contributed by atoms with Crippen LogP contribution < -0.4 is 14.2 Å². The van der Waals surface area contributed by atoms with Gasteiger partial charge in [0.15, 0.2) is 11.5 Å². The Morgan fingerprint density at radius 2 is 1.70 bits per heavy atom. The van der Waals surface area contributed by atoms with E-state index in [1.807, 2.05) is 0 Å². The molecule has 1 aliphatic heterocycles. The third-order valence-corrected chi connectivity index (χ3v) is 4.88. The molecule has 0 bridgehead atoms. The Labute approximate surface area is 179 Å². The molecule has 0 aliphatic carbocycles. The van der Waals surface area contributed by atoms with Gasteiger partial charge in [-0.1, -0.05) is 13.8 Å². The van der Waals surface area contributed by atoms with E-state index in [-0.39, 0.29) is 6.10 Å². The quantitative estimate of drug-likeness (QED) is 0.374. The van der Waals surface area contributed by atoms with Gasteiger partial charge in [-0.25, -0.2) is 4.79 Å². The lowest BCUT2D eigenvalue weighted by molar-refractivity contribution is -0.0331. The minimum absolute atomic E-state index is 0.332. The lowest BCUT2D eigenvalue weighted by atomic mass is 10.1. The highest BCUT2D eigenvalue weighted by Gasteiger charge is 2.23. The van der Waals surface area contributed by atoms with Crippen LogP contribution in [0.4, 0.5) is 0 Å². The smallest absolute Gasteiger partial charge is 0.338 e. The van der Waals surface area contributed by atoms with E-state index >= 15 is 0 Å². The average Bonchev–Trinajstić information content (AvgIpc) is 2.75. The van der Waals surface area contributed by atoms with Crippen molar-refractivity contribution in [3.05, 3.63) is 17.7 Å². The van der Waals surface area contributed by atoms with Crippen molar-refractivity contribution in [2.45, 2.75) is 26.4 Å². The van der Waals surface area contributed by atoms with Crippen LogP contribution in [0, 0.1) is 5.92 Å². The van der Waals surface area contributed by atoms with Crippen molar-refractivity contribution in [3.63, 3.8) is 0 Å². The minimum Gasteiger partial charge on any atom is -0.493 e. The van der Waals surface area contributed by atoms with E-state index in [2.05, 4.69) is 18.7 Å². The van der Waals surface area contributed by atoms with Crippen LogP contribution in [-0.4, -0.2) is 84.4 Å². The van der Waals surface area contributed by atoms with Gasteiger partial charge in [0, 0.05) is 26.2 Å². The van der Waals surface area contributed by atoms with Gasteiger partial charge < -0.3 is 28.4 Å². The molecule has 170 valence electrons. The number of hydrogen-bond donors (Lipinski definition) is 0. The second-order valence-electron chi connectivity index (χ2n) is 7.61. The molecule has 0 amide bonds. The van der Waals surface area contributed by atoms with E-state index in [1.165, 1.54) is 21.3 Å². The molecular weight excluding hydrogens is 390 g/mol. The van der Waals surface area contributed by atoms with Crippen molar-refractivity contribution in [1.29, 1.82) is 0 Å². The summed E-state index contributed by atoms with van der Waals surface area (Å²) in [7, 11) is 4.54. The third kappa shape index (κ3) is 7.34. The fourth-order valence-electron chi connectivity index (χ4n) is 3.15. The van der Waals surface area contributed by atoms with E-state index in [9.17, 15) is 4.79 Å². The number of rotatable bonds is 12. The van der Waals surface area contributed by atoms with E-state index in [1.54, 1.807) is 12.1 Å². The standard InChI is InChI=1S/C22H35NO7/c1-16(2)6-9-29-15-18(14-23-7-10-28-11-8-23)30-22(24)17-12-19(25-3)21(27-5)20(13-17)26-4/h12-13,16,18H,6-11,14-15H2,1-5H3/t18-/m0/s1. The molecule has 1 aromatic rings. The molecule has 0 unspecified atom stereocenters. The van der Waals surface area contributed by atoms with E-state index in [0.29, 0.717) is 61.7 Å².